The standard InChI is InChI=1S/C12H18FN/c1-3-10(2)14-9-8-11-4-6-12(13)7-5-11/h4-7,10,14H,3,8-9H2,1-2H3. The first-order valence-electron chi connectivity index (χ1n) is 5.20. The number of hydrogen-bond acceptors (Lipinski definition) is 1. The number of benzene rings is 1. The zero-order chi connectivity index (χ0) is 10.4. The topological polar surface area (TPSA) is 12.0 Å². The molecular formula is C12H18FN. The molecule has 0 fully saturated rings. The van der Waals surface area contributed by atoms with Crippen LogP contribution in [0, 0.1) is 5.82 Å². The predicted molar refractivity (Wildman–Crippen MR) is 57.9 cm³/mol. The summed E-state index contributed by atoms with van der Waals surface area (Å²) in [6.07, 6.45) is 2.11. The van der Waals surface area contributed by atoms with E-state index in [4.69, 9.17) is 0 Å². The lowest BCUT2D eigenvalue weighted by molar-refractivity contribution is 0.537. The molecule has 0 aromatic heterocycles. The highest BCUT2D eigenvalue weighted by molar-refractivity contribution is 5.16. The molecule has 0 bridgehead atoms. The molecule has 0 radical (unpaired) electrons. The molecule has 0 spiro atoms. The molecule has 1 nitrogen and oxygen atoms in total. The normalized spacial score (nSPS) is 12.8. The van der Waals surface area contributed by atoms with Crippen LogP contribution in [-0.4, -0.2) is 12.6 Å². The van der Waals surface area contributed by atoms with Gasteiger partial charge in [-0.1, -0.05) is 19.1 Å². The molecule has 1 N–H and O–H groups in total. The van der Waals surface area contributed by atoms with Gasteiger partial charge in [-0.05, 0) is 44.0 Å². The second-order valence-electron chi connectivity index (χ2n) is 3.64. The number of rotatable bonds is 5. The van der Waals surface area contributed by atoms with Crippen LogP contribution < -0.4 is 5.32 Å². The van der Waals surface area contributed by atoms with E-state index < -0.39 is 0 Å². The zero-order valence-corrected chi connectivity index (χ0v) is 8.89. The Labute approximate surface area is 85.3 Å². The van der Waals surface area contributed by atoms with Crippen LogP contribution in [0.25, 0.3) is 0 Å². The maximum atomic E-state index is 12.6. The zero-order valence-electron chi connectivity index (χ0n) is 8.89. The van der Waals surface area contributed by atoms with Gasteiger partial charge in [0.05, 0.1) is 0 Å². The van der Waals surface area contributed by atoms with Crippen molar-refractivity contribution in [3.8, 4) is 0 Å². The van der Waals surface area contributed by atoms with E-state index in [1.165, 1.54) is 17.7 Å². The fraction of sp³-hybridized carbons (Fsp3) is 0.500. The van der Waals surface area contributed by atoms with Gasteiger partial charge in [0.15, 0.2) is 0 Å². The van der Waals surface area contributed by atoms with Crippen LogP contribution in [0.2, 0.25) is 0 Å². The fourth-order valence-electron chi connectivity index (χ4n) is 1.26. The van der Waals surface area contributed by atoms with Crippen molar-refractivity contribution in [2.24, 2.45) is 0 Å². The molecule has 78 valence electrons. The lowest BCUT2D eigenvalue weighted by atomic mass is 10.1. The van der Waals surface area contributed by atoms with E-state index in [0.29, 0.717) is 6.04 Å². The molecule has 1 rings (SSSR count). The molecule has 1 unspecified atom stereocenters. The minimum absolute atomic E-state index is 0.163. The van der Waals surface area contributed by atoms with Gasteiger partial charge >= 0.3 is 0 Å². The third-order valence-electron chi connectivity index (χ3n) is 2.43. The van der Waals surface area contributed by atoms with Crippen molar-refractivity contribution in [1.82, 2.24) is 5.32 Å². The molecule has 0 amide bonds. The van der Waals surface area contributed by atoms with E-state index in [9.17, 15) is 4.39 Å². The molecule has 2 heteroatoms. The van der Waals surface area contributed by atoms with Gasteiger partial charge in [-0.25, -0.2) is 4.39 Å². The lowest BCUT2D eigenvalue weighted by Crippen LogP contribution is -2.27. The van der Waals surface area contributed by atoms with Gasteiger partial charge in [-0.3, -0.25) is 0 Å². The lowest BCUT2D eigenvalue weighted by Gasteiger charge is -2.10. The van der Waals surface area contributed by atoms with E-state index in [0.717, 1.165) is 19.4 Å². The molecule has 14 heavy (non-hydrogen) atoms. The predicted octanol–water partition coefficient (Wildman–Crippen LogP) is 2.76. The Morgan fingerprint density at radius 1 is 1.29 bits per heavy atom. The Morgan fingerprint density at radius 3 is 2.50 bits per heavy atom. The molecule has 1 atom stereocenters. The Kier molecular flexibility index (Phi) is 4.60. The SMILES string of the molecule is CCC(C)NCCc1ccc(F)cc1. The summed E-state index contributed by atoms with van der Waals surface area (Å²) in [5.74, 6) is -0.163. The van der Waals surface area contributed by atoms with Crippen molar-refractivity contribution in [3.63, 3.8) is 0 Å². The van der Waals surface area contributed by atoms with Crippen molar-refractivity contribution in [2.75, 3.05) is 6.54 Å². The Balaban J connectivity index is 2.28. The molecule has 0 saturated carbocycles. The maximum Gasteiger partial charge on any atom is 0.123 e. The van der Waals surface area contributed by atoms with Crippen LogP contribution in [0.1, 0.15) is 25.8 Å². The van der Waals surface area contributed by atoms with Crippen LogP contribution in [0.5, 0.6) is 0 Å². The van der Waals surface area contributed by atoms with Gasteiger partial charge in [-0.15, -0.1) is 0 Å². The van der Waals surface area contributed by atoms with Crippen LogP contribution in [0.4, 0.5) is 4.39 Å². The summed E-state index contributed by atoms with van der Waals surface area (Å²) < 4.78 is 12.6. The average Bonchev–Trinajstić information content (AvgIpc) is 2.21. The van der Waals surface area contributed by atoms with Gasteiger partial charge < -0.3 is 5.32 Å². The first-order chi connectivity index (χ1) is 6.72. The summed E-state index contributed by atoms with van der Waals surface area (Å²) in [6.45, 7) is 5.29. The summed E-state index contributed by atoms with van der Waals surface area (Å²) in [7, 11) is 0. The summed E-state index contributed by atoms with van der Waals surface area (Å²) >= 11 is 0. The molecule has 0 aliphatic carbocycles. The van der Waals surface area contributed by atoms with Gasteiger partial charge in [0.25, 0.3) is 0 Å². The third kappa shape index (κ3) is 3.88. The van der Waals surface area contributed by atoms with Gasteiger partial charge in [0.2, 0.25) is 0 Å². The minimum atomic E-state index is -0.163. The maximum absolute atomic E-state index is 12.6. The van der Waals surface area contributed by atoms with Gasteiger partial charge in [0, 0.05) is 6.04 Å². The Hall–Kier alpha value is -0.890. The van der Waals surface area contributed by atoms with E-state index in [1.807, 2.05) is 12.1 Å². The van der Waals surface area contributed by atoms with E-state index in [2.05, 4.69) is 19.2 Å². The fourth-order valence-corrected chi connectivity index (χ4v) is 1.26. The quantitative estimate of drug-likeness (QED) is 0.761. The van der Waals surface area contributed by atoms with Crippen molar-refractivity contribution in [1.29, 1.82) is 0 Å². The van der Waals surface area contributed by atoms with Crippen molar-refractivity contribution >= 4 is 0 Å². The number of nitrogens with one attached hydrogen (secondary N) is 1. The second-order valence-corrected chi connectivity index (χ2v) is 3.64. The summed E-state index contributed by atoms with van der Waals surface area (Å²) in [4.78, 5) is 0. The second kappa shape index (κ2) is 5.76. The summed E-state index contributed by atoms with van der Waals surface area (Å²) in [6, 6.07) is 7.27. The van der Waals surface area contributed by atoms with E-state index in [1.54, 1.807) is 0 Å². The van der Waals surface area contributed by atoms with E-state index in [-0.39, 0.29) is 5.82 Å². The Morgan fingerprint density at radius 2 is 1.93 bits per heavy atom. The smallest absolute Gasteiger partial charge is 0.123 e. The van der Waals surface area contributed by atoms with Crippen molar-refractivity contribution in [3.05, 3.63) is 35.6 Å². The third-order valence-corrected chi connectivity index (χ3v) is 2.43. The van der Waals surface area contributed by atoms with Crippen LogP contribution in [0.15, 0.2) is 24.3 Å². The first-order valence-corrected chi connectivity index (χ1v) is 5.20. The highest BCUT2D eigenvalue weighted by atomic mass is 19.1. The Bertz CT molecular complexity index is 256. The first kappa shape index (κ1) is 11.2. The minimum Gasteiger partial charge on any atom is -0.314 e. The van der Waals surface area contributed by atoms with Crippen LogP contribution in [0.3, 0.4) is 0 Å². The monoisotopic (exact) mass is 195 g/mol. The van der Waals surface area contributed by atoms with Crippen LogP contribution in [-0.2, 0) is 6.42 Å². The van der Waals surface area contributed by atoms with Crippen LogP contribution >= 0.6 is 0 Å². The summed E-state index contributed by atoms with van der Waals surface area (Å²) in [5, 5.41) is 3.40. The molecule has 0 saturated heterocycles. The van der Waals surface area contributed by atoms with E-state index >= 15 is 0 Å². The molecule has 1 aromatic rings. The highest BCUT2D eigenvalue weighted by Gasteiger charge is 1.97. The number of hydrogen-bond donors (Lipinski definition) is 1. The molecule has 0 heterocycles. The molecule has 1 aromatic carbocycles. The van der Waals surface area contributed by atoms with Gasteiger partial charge in [0.1, 0.15) is 5.82 Å². The molecule has 0 aliphatic rings. The largest absolute Gasteiger partial charge is 0.314 e. The van der Waals surface area contributed by atoms with Crippen molar-refractivity contribution in [2.45, 2.75) is 32.7 Å². The van der Waals surface area contributed by atoms with Gasteiger partial charge in [-0.2, -0.15) is 0 Å². The molecule has 0 aliphatic heterocycles. The summed E-state index contributed by atoms with van der Waals surface area (Å²) in [5.41, 5.74) is 1.18. The molecular weight excluding hydrogens is 177 g/mol. The highest BCUT2D eigenvalue weighted by Crippen LogP contribution is 2.02. The average molecular weight is 195 g/mol. The van der Waals surface area contributed by atoms with Crippen molar-refractivity contribution < 1.29 is 4.39 Å². The number of halogens is 1.